The smallest absolute Gasteiger partial charge is 0.176 e. The van der Waals surface area contributed by atoms with E-state index < -0.39 is 0 Å². The minimum atomic E-state index is 0.282. The van der Waals surface area contributed by atoms with Gasteiger partial charge in [0.25, 0.3) is 0 Å². The van der Waals surface area contributed by atoms with Gasteiger partial charge in [-0.15, -0.1) is 0 Å². The van der Waals surface area contributed by atoms with Crippen molar-refractivity contribution in [1.29, 1.82) is 5.26 Å². The van der Waals surface area contributed by atoms with Crippen molar-refractivity contribution >= 4 is 0 Å². The summed E-state index contributed by atoms with van der Waals surface area (Å²) >= 11 is 0. The lowest BCUT2D eigenvalue weighted by Gasteiger charge is -2.04. The molecule has 1 heterocycles. The summed E-state index contributed by atoms with van der Waals surface area (Å²) in [6.07, 6.45) is 4.38. The summed E-state index contributed by atoms with van der Waals surface area (Å²) in [7, 11) is 0. The predicted molar refractivity (Wildman–Crippen MR) is 32.6 cm³/mol. The number of nitriles is 1. The van der Waals surface area contributed by atoms with Crippen LogP contribution < -0.4 is 5.32 Å². The van der Waals surface area contributed by atoms with Gasteiger partial charge in [0.2, 0.25) is 0 Å². The second-order valence-corrected chi connectivity index (χ2v) is 2.13. The monoisotopic (exact) mass is 126 g/mol. The third kappa shape index (κ3) is 1.90. The van der Waals surface area contributed by atoms with Crippen LogP contribution in [0.1, 0.15) is 12.8 Å². The summed E-state index contributed by atoms with van der Waals surface area (Å²) in [6.45, 7) is 1.54. The van der Waals surface area contributed by atoms with Gasteiger partial charge in [-0.05, 0) is 12.8 Å². The van der Waals surface area contributed by atoms with Crippen molar-refractivity contribution in [3.8, 4) is 6.19 Å². The summed E-state index contributed by atoms with van der Waals surface area (Å²) in [5.41, 5.74) is 0. The molecule has 0 spiro atoms. The molecule has 1 aliphatic rings. The van der Waals surface area contributed by atoms with Crippen LogP contribution in [0.2, 0.25) is 0 Å². The molecule has 1 saturated heterocycles. The van der Waals surface area contributed by atoms with Crippen molar-refractivity contribution in [2.45, 2.75) is 18.9 Å². The Bertz CT molecular complexity index is 113. The Kier molecular flexibility index (Phi) is 2.34. The number of nitrogens with one attached hydrogen (secondary N) is 1. The molecule has 0 radical (unpaired) electrons. The molecule has 50 valence electrons. The number of ether oxygens (including phenoxy) is 1. The van der Waals surface area contributed by atoms with Crippen molar-refractivity contribution in [3.63, 3.8) is 0 Å². The third-order valence-electron chi connectivity index (χ3n) is 1.43. The first-order valence-corrected chi connectivity index (χ1v) is 3.17. The predicted octanol–water partition coefficient (Wildman–Crippen LogP) is 0.236. The molecule has 1 fully saturated rings. The van der Waals surface area contributed by atoms with Crippen LogP contribution in [-0.2, 0) is 4.74 Å². The van der Waals surface area contributed by atoms with Crippen molar-refractivity contribution < 1.29 is 4.74 Å². The molecule has 3 nitrogen and oxygen atoms in total. The van der Waals surface area contributed by atoms with E-state index in [2.05, 4.69) is 5.32 Å². The highest BCUT2D eigenvalue weighted by Gasteiger charge is 2.13. The molecule has 0 saturated carbocycles. The Morgan fingerprint density at radius 2 is 2.67 bits per heavy atom. The second kappa shape index (κ2) is 3.31. The highest BCUT2D eigenvalue weighted by atomic mass is 16.5. The topological polar surface area (TPSA) is 45.0 Å². The van der Waals surface area contributed by atoms with Gasteiger partial charge < -0.3 is 10.1 Å². The fourth-order valence-electron chi connectivity index (χ4n) is 0.965. The molecular weight excluding hydrogens is 116 g/mol. The molecule has 3 heteroatoms. The Labute approximate surface area is 54.6 Å². The Morgan fingerprint density at radius 1 is 1.78 bits per heavy atom. The summed E-state index contributed by atoms with van der Waals surface area (Å²) in [5, 5.41) is 10.7. The van der Waals surface area contributed by atoms with Crippen LogP contribution >= 0.6 is 0 Å². The maximum absolute atomic E-state index is 8.11. The number of nitrogens with zero attached hydrogens (tertiary/aromatic N) is 1. The molecule has 0 bridgehead atoms. The van der Waals surface area contributed by atoms with E-state index in [4.69, 9.17) is 10.00 Å². The van der Waals surface area contributed by atoms with Crippen LogP contribution in [0, 0.1) is 11.5 Å². The second-order valence-electron chi connectivity index (χ2n) is 2.13. The van der Waals surface area contributed by atoms with Crippen LogP contribution in [-0.4, -0.2) is 19.3 Å². The molecule has 0 aromatic heterocycles. The lowest BCUT2D eigenvalue weighted by Crippen LogP contribution is -2.21. The Balaban J connectivity index is 2.06. The van der Waals surface area contributed by atoms with Gasteiger partial charge in [-0.1, -0.05) is 0 Å². The zero-order chi connectivity index (χ0) is 6.53. The van der Waals surface area contributed by atoms with Crippen molar-refractivity contribution in [1.82, 2.24) is 5.32 Å². The highest BCUT2D eigenvalue weighted by molar-refractivity contribution is 4.73. The van der Waals surface area contributed by atoms with Crippen LogP contribution in [0.4, 0.5) is 0 Å². The normalized spacial score (nSPS) is 25.4. The van der Waals surface area contributed by atoms with E-state index in [-0.39, 0.29) is 6.10 Å². The summed E-state index contributed by atoms with van der Waals surface area (Å²) in [4.78, 5) is 0. The maximum Gasteiger partial charge on any atom is 0.176 e. The SMILES string of the molecule is N#CNC[C@@H]1CCCO1. The standard InChI is InChI=1S/C6H10N2O/c7-5-8-4-6-2-1-3-9-6/h6,8H,1-4H2/t6-/m0/s1. The van der Waals surface area contributed by atoms with Gasteiger partial charge in [0.15, 0.2) is 6.19 Å². The van der Waals surface area contributed by atoms with Gasteiger partial charge >= 0.3 is 0 Å². The van der Waals surface area contributed by atoms with Crippen molar-refractivity contribution in [3.05, 3.63) is 0 Å². The van der Waals surface area contributed by atoms with Crippen LogP contribution in [0.5, 0.6) is 0 Å². The molecule has 0 amide bonds. The molecule has 1 N–H and O–H groups in total. The fourth-order valence-corrected chi connectivity index (χ4v) is 0.965. The first-order valence-electron chi connectivity index (χ1n) is 3.17. The van der Waals surface area contributed by atoms with E-state index in [1.165, 1.54) is 0 Å². The first-order chi connectivity index (χ1) is 4.43. The molecule has 0 unspecified atom stereocenters. The molecule has 1 rings (SSSR count). The highest BCUT2D eigenvalue weighted by Crippen LogP contribution is 2.09. The van der Waals surface area contributed by atoms with E-state index in [1.54, 1.807) is 0 Å². The average molecular weight is 126 g/mol. The van der Waals surface area contributed by atoms with Crippen LogP contribution in [0.3, 0.4) is 0 Å². The number of rotatable bonds is 2. The van der Waals surface area contributed by atoms with E-state index in [9.17, 15) is 0 Å². The number of hydrogen-bond donors (Lipinski definition) is 1. The molecule has 0 aromatic carbocycles. The van der Waals surface area contributed by atoms with Crippen molar-refractivity contribution in [2.75, 3.05) is 13.2 Å². The minimum Gasteiger partial charge on any atom is -0.376 e. The van der Waals surface area contributed by atoms with Gasteiger partial charge in [-0.25, -0.2) is 0 Å². The third-order valence-corrected chi connectivity index (χ3v) is 1.43. The molecule has 0 aromatic rings. The Morgan fingerprint density at radius 3 is 3.22 bits per heavy atom. The minimum absolute atomic E-state index is 0.282. The summed E-state index contributed by atoms with van der Waals surface area (Å²) < 4.78 is 5.24. The van der Waals surface area contributed by atoms with Crippen molar-refractivity contribution in [2.24, 2.45) is 0 Å². The van der Waals surface area contributed by atoms with Crippen LogP contribution in [0.15, 0.2) is 0 Å². The first kappa shape index (κ1) is 6.37. The lowest BCUT2D eigenvalue weighted by atomic mass is 10.2. The molecule has 1 aliphatic heterocycles. The largest absolute Gasteiger partial charge is 0.376 e. The number of hydrogen-bond acceptors (Lipinski definition) is 3. The van der Waals surface area contributed by atoms with E-state index in [0.717, 1.165) is 19.4 Å². The van der Waals surface area contributed by atoms with E-state index >= 15 is 0 Å². The Hall–Kier alpha value is -0.750. The molecule has 1 atom stereocenters. The summed E-state index contributed by atoms with van der Waals surface area (Å²) in [6, 6.07) is 0. The van der Waals surface area contributed by atoms with Gasteiger partial charge in [-0.2, -0.15) is 5.26 Å². The zero-order valence-electron chi connectivity index (χ0n) is 5.26. The average Bonchev–Trinajstić information content (AvgIpc) is 2.34. The van der Waals surface area contributed by atoms with Gasteiger partial charge in [-0.3, -0.25) is 0 Å². The van der Waals surface area contributed by atoms with Gasteiger partial charge in [0, 0.05) is 6.61 Å². The van der Waals surface area contributed by atoms with Crippen LogP contribution in [0.25, 0.3) is 0 Å². The summed E-state index contributed by atoms with van der Waals surface area (Å²) in [5.74, 6) is 0. The van der Waals surface area contributed by atoms with E-state index in [0.29, 0.717) is 6.54 Å². The molecule has 0 aliphatic carbocycles. The quantitative estimate of drug-likeness (QED) is 0.425. The molecular formula is C6H10N2O. The van der Waals surface area contributed by atoms with E-state index in [1.807, 2.05) is 6.19 Å². The molecule has 9 heavy (non-hydrogen) atoms. The lowest BCUT2D eigenvalue weighted by molar-refractivity contribution is 0.113. The zero-order valence-corrected chi connectivity index (χ0v) is 5.26. The van der Waals surface area contributed by atoms with Gasteiger partial charge in [0.1, 0.15) is 0 Å². The van der Waals surface area contributed by atoms with Gasteiger partial charge in [0.05, 0.1) is 12.6 Å². The fraction of sp³-hybridized carbons (Fsp3) is 0.833. The maximum atomic E-state index is 8.11.